The second kappa shape index (κ2) is 9.68. The monoisotopic (exact) mass is 362 g/mol. The number of amides is 1. The molecule has 0 spiro atoms. The average Bonchev–Trinajstić information content (AvgIpc) is 2.70. The summed E-state index contributed by atoms with van der Waals surface area (Å²) in [5.74, 6) is 1.97. The van der Waals surface area contributed by atoms with Crippen LogP contribution in [0.1, 0.15) is 19.8 Å². The third-order valence-corrected chi connectivity index (χ3v) is 5.03. The minimum absolute atomic E-state index is 0.102. The van der Waals surface area contributed by atoms with Crippen LogP contribution < -0.4 is 15.5 Å². The van der Waals surface area contributed by atoms with Crippen LogP contribution in [-0.4, -0.2) is 80.0 Å². The van der Waals surface area contributed by atoms with Gasteiger partial charge >= 0.3 is 0 Å². The molecule has 3 rings (SSSR count). The number of rotatable bonds is 7. The number of hydrogen-bond donors (Lipinski definition) is 2. The molecule has 0 unspecified atom stereocenters. The lowest BCUT2D eigenvalue weighted by Gasteiger charge is -2.32. The number of carbonyl (C=O) groups is 1. The van der Waals surface area contributed by atoms with Gasteiger partial charge in [0.1, 0.15) is 5.82 Å². The highest BCUT2D eigenvalue weighted by Gasteiger charge is 2.25. The molecule has 0 radical (unpaired) electrons. The first-order chi connectivity index (χ1) is 12.8. The summed E-state index contributed by atoms with van der Waals surface area (Å²) in [5.41, 5.74) is 0. The van der Waals surface area contributed by atoms with Crippen molar-refractivity contribution in [1.82, 2.24) is 20.4 Å². The van der Waals surface area contributed by atoms with Gasteiger partial charge < -0.3 is 20.3 Å². The standard InChI is InChI=1S/C18H30N6O2/c1-2-19-16-3-4-17(22-21-16)24-8-5-15(6-9-24)18(25)20-7-10-23-11-13-26-14-12-23/h3-4,15H,2,5-14H2,1H3,(H,19,21)(H,20,25). The molecule has 2 N–H and O–H groups in total. The molecule has 0 aromatic carbocycles. The van der Waals surface area contributed by atoms with E-state index in [2.05, 4.69) is 30.6 Å². The van der Waals surface area contributed by atoms with E-state index in [9.17, 15) is 4.79 Å². The normalized spacial score (nSPS) is 19.3. The van der Waals surface area contributed by atoms with Gasteiger partial charge in [0.05, 0.1) is 13.2 Å². The van der Waals surface area contributed by atoms with Crippen LogP contribution in [0.25, 0.3) is 0 Å². The molecule has 0 bridgehead atoms. The van der Waals surface area contributed by atoms with Crippen molar-refractivity contribution in [2.24, 2.45) is 5.92 Å². The quantitative estimate of drug-likeness (QED) is 0.734. The molecule has 0 saturated carbocycles. The molecule has 0 atom stereocenters. The Balaban J connectivity index is 1.37. The maximum absolute atomic E-state index is 12.4. The number of anilines is 2. The molecule has 144 valence electrons. The molecular formula is C18H30N6O2. The zero-order chi connectivity index (χ0) is 18.2. The Kier molecular flexibility index (Phi) is 7.02. The predicted octanol–water partition coefficient (Wildman–Crippen LogP) is 0.573. The Hall–Kier alpha value is -1.93. The van der Waals surface area contributed by atoms with Gasteiger partial charge in [-0.05, 0) is 31.9 Å². The Bertz CT molecular complexity index is 553. The van der Waals surface area contributed by atoms with E-state index in [0.29, 0.717) is 0 Å². The van der Waals surface area contributed by atoms with Crippen molar-refractivity contribution in [3.63, 3.8) is 0 Å². The Labute approximate surface area is 155 Å². The molecule has 2 saturated heterocycles. The SMILES string of the molecule is CCNc1ccc(N2CCC(C(=O)NCCN3CCOCC3)CC2)nn1. The number of nitrogens with one attached hydrogen (secondary N) is 2. The van der Waals surface area contributed by atoms with Crippen LogP contribution in [0.2, 0.25) is 0 Å². The van der Waals surface area contributed by atoms with Gasteiger partial charge in [0.15, 0.2) is 5.82 Å². The highest BCUT2D eigenvalue weighted by molar-refractivity contribution is 5.78. The van der Waals surface area contributed by atoms with Crippen LogP contribution in [0.5, 0.6) is 0 Å². The lowest BCUT2D eigenvalue weighted by atomic mass is 9.96. The van der Waals surface area contributed by atoms with E-state index >= 15 is 0 Å². The minimum atomic E-state index is 0.102. The second-order valence-corrected chi connectivity index (χ2v) is 6.81. The lowest BCUT2D eigenvalue weighted by molar-refractivity contribution is -0.125. The lowest BCUT2D eigenvalue weighted by Crippen LogP contribution is -2.44. The Morgan fingerprint density at radius 2 is 1.96 bits per heavy atom. The Morgan fingerprint density at radius 3 is 2.62 bits per heavy atom. The van der Waals surface area contributed by atoms with E-state index in [4.69, 9.17) is 4.74 Å². The number of morpholine rings is 1. The molecule has 8 heteroatoms. The predicted molar refractivity (Wildman–Crippen MR) is 101 cm³/mol. The molecule has 2 fully saturated rings. The van der Waals surface area contributed by atoms with Crippen LogP contribution >= 0.6 is 0 Å². The number of ether oxygens (including phenoxy) is 1. The molecule has 1 aromatic rings. The second-order valence-electron chi connectivity index (χ2n) is 6.81. The van der Waals surface area contributed by atoms with Crippen LogP contribution in [0.3, 0.4) is 0 Å². The van der Waals surface area contributed by atoms with E-state index in [1.54, 1.807) is 0 Å². The van der Waals surface area contributed by atoms with E-state index < -0.39 is 0 Å². The van der Waals surface area contributed by atoms with Crippen molar-refractivity contribution in [3.05, 3.63) is 12.1 Å². The van der Waals surface area contributed by atoms with E-state index in [1.807, 2.05) is 19.1 Å². The van der Waals surface area contributed by atoms with Crippen molar-refractivity contribution in [1.29, 1.82) is 0 Å². The van der Waals surface area contributed by atoms with Crippen molar-refractivity contribution in [2.75, 3.05) is 69.2 Å². The molecule has 26 heavy (non-hydrogen) atoms. The van der Waals surface area contributed by atoms with E-state index in [0.717, 1.165) is 83.5 Å². The average molecular weight is 362 g/mol. The molecule has 8 nitrogen and oxygen atoms in total. The molecule has 1 amide bonds. The van der Waals surface area contributed by atoms with Gasteiger partial charge in [0, 0.05) is 51.7 Å². The smallest absolute Gasteiger partial charge is 0.223 e. The topological polar surface area (TPSA) is 82.6 Å². The summed E-state index contributed by atoms with van der Waals surface area (Å²) >= 11 is 0. The van der Waals surface area contributed by atoms with Crippen LogP contribution in [0.15, 0.2) is 12.1 Å². The number of aromatic nitrogens is 2. The van der Waals surface area contributed by atoms with Gasteiger partial charge in [0.25, 0.3) is 0 Å². The fraction of sp³-hybridized carbons (Fsp3) is 0.722. The molecular weight excluding hydrogens is 332 g/mol. The van der Waals surface area contributed by atoms with Gasteiger partial charge in [-0.1, -0.05) is 0 Å². The van der Waals surface area contributed by atoms with Gasteiger partial charge in [-0.25, -0.2) is 0 Å². The van der Waals surface area contributed by atoms with Crippen molar-refractivity contribution in [3.8, 4) is 0 Å². The maximum atomic E-state index is 12.4. The largest absolute Gasteiger partial charge is 0.379 e. The highest BCUT2D eigenvalue weighted by Crippen LogP contribution is 2.22. The van der Waals surface area contributed by atoms with Crippen LogP contribution in [0.4, 0.5) is 11.6 Å². The minimum Gasteiger partial charge on any atom is -0.379 e. The van der Waals surface area contributed by atoms with Gasteiger partial charge in [-0.2, -0.15) is 0 Å². The van der Waals surface area contributed by atoms with E-state index in [-0.39, 0.29) is 11.8 Å². The Morgan fingerprint density at radius 1 is 1.19 bits per heavy atom. The van der Waals surface area contributed by atoms with Crippen LogP contribution in [-0.2, 0) is 9.53 Å². The number of piperidine rings is 1. The van der Waals surface area contributed by atoms with Crippen molar-refractivity contribution >= 4 is 17.5 Å². The zero-order valence-electron chi connectivity index (χ0n) is 15.6. The summed E-state index contributed by atoms with van der Waals surface area (Å²) in [6.45, 7) is 9.69. The van der Waals surface area contributed by atoms with E-state index in [1.165, 1.54) is 0 Å². The number of hydrogen-bond acceptors (Lipinski definition) is 7. The first-order valence-corrected chi connectivity index (χ1v) is 9.66. The van der Waals surface area contributed by atoms with Gasteiger partial charge in [0.2, 0.25) is 5.91 Å². The summed E-state index contributed by atoms with van der Waals surface area (Å²) in [5, 5.41) is 14.7. The number of nitrogens with zero attached hydrogens (tertiary/aromatic N) is 4. The molecule has 2 aliphatic rings. The fourth-order valence-corrected chi connectivity index (χ4v) is 3.45. The summed E-state index contributed by atoms with van der Waals surface area (Å²) in [6.07, 6.45) is 1.72. The maximum Gasteiger partial charge on any atom is 0.223 e. The van der Waals surface area contributed by atoms with Crippen molar-refractivity contribution in [2.45, 2.75) is 19.8 Å². The summed E-state index contributed by atoms with van der Waals surface area (Å²) in [6, 6.07) is 3.95. The third-order valence-electron chi connectivity index (χ3n) is 5.03. The summed E-state index contributed by atoms with van der Waals surface area (Å²) in [7, 11) is 0. The fourth-order valence-electron chi connectivity index (χ4n) is 3.45. The molecule has 3 heterocycles. The van der Waals surface area contributed by atoms with Crippen molar-refractivity contribution < 1.29 is 9.53 Å². The van der Waals surface area contributed by atoms with Gasteiger partial charge in [-0.15, -0.1) is 10.2 Å². The molecule has 0 aliphatic carbocycles. The van der Waals surface area contributed by atoms with Crippen LogP contribution in [0, 0.1) is 5.92 Å². The first-order valence-electron chi connectivity index (χ1n) is 9.66. The highest BCUT2D eigenvalue weighted by atomic mass is 16.5. The van der Waals surface area contributed by atoms with Gasteiger partial charge in [-0.3, -0.25) is 9.69 Å². The third kappa shape index (κ3) is 5.28. The number of carbonyl (C=O) groups excluding carboxylic acids is 1. The zero-order valence-corrected chi connectivity index (χ0v) is 15.6. The molecule has 2 aliphatic heterocycles. The summed E-state index contributed by atoms with van der Waals surface area (Å²) < 4.78 is 5.34. The molecule has 1 aromatic heterocycles. The first kappa shape index (κ1) is 18.8. The summed E-state index contributed by atoms with van der Waals surface area (Å²) in [4.78, 5) is 16.9.